The normalized spacial score (nSPS) is 21.7. The summed E-state index contributed by atoms with van der Waals surface area (Å²) in [5.41, 5.74) is 8.97. The van der Waals surface area contributed by atoms with Crippen LogP contribution in [0.1, 0.15) is 64.4 Å². The Morgan fingerprint density at radius 1 is 1.48 bits per heavy atom. The quantitative estimate of drug-likeness (QED) is 0.927. The number of rotatable bonds is 4. The Labute approximate surface area is 128 Å². The van der Waals surface area contributed by atoms with Gasteiger partial charge in [0, 0.05) is 31.0 Å². The Morgan fingerprint density at radius 3 is 2.67 bits per heavy atom. The van der Waals surface area contributed by atoms with Crippen LogP contribution in [-0.2, 0) is 11.2 Å². The smallest absolute Gasteiger partial charge is 0.245 e. The molecule has 118 valence electrons. The molecule has 21 heavy (non-hydrogen) atoms. The number of amides is 1. The van der Waals surface area contributed by atoms with Crippen molar-refractivity contribution < 1.29 is 4.79 Å². The van der Waals surface area contributed by atoms with E-state index in [1.165, 1.54) is 11.3 Å². The predicted octanol–water partition coefficient (Wildman–Crippen LogP) is 2.89. The topological polar surface area (TPSA) is 51.3 Å². The summed E-state index contributed by atoms with van der Waals surface area (Å²) in [7, 11) is 0. The molecule has 0 saturated carbocycles. The fourth-order valence-electron chi connectivity index (χ4n) is 3.54. The van der Waals surface area contributed by atoms with Crippen LogP contribution in [0.25, 0.3) is 0 Å². The molecule has 0 aromatic carbocycles. The number of carbonyl (C=O) groups is 1. The molecule has 0 fully saturated rings. The number of likely N-dealkylation sites (N-methyl/N-ethyl adjacent to an activating group) is 1. The van der Waals surface area contributed by atoms with Gasteiger partial charge in [-0.3, -0.25) is 4.79 Å². The van der Waals surface area contributed by atoms with Crippen LogP contribution in [0.15, 0.2) is 12.3 Å². The second-order valence-corrected chi connectivity index (χ2v) is 6.96. The summed E-state index contributed by atoms with van der Waals surface area (Å²) in [6.07, 6.45) is 4.03. The van der Waals surface area contributed by atoms with E-state index in [1.54, 1.807) is 0 Å². The summed E-state index contributed by atoms with van der Waals surface area (Å²) in [5.74, 6) is 0.190. The van der Waals surface area contributed by atoms with Gasteiger partial charge in [-0.1, -0.05) is 13.8 Å². The minimum atomic E-state index is -0.158. The van der Waals surface area contributed by atoms with Crippen LogP contribution in [0.3, 0.4) is 0 Å². The third-order valence-corrected chi connectivity index (χ3v) is 4.73. The fraction of sp³-hybridized carbons (Fsp3) is 0.706. The minimum Gasteiger partial charge on any atom is -0.341 e. The maximum Gasteiger partial charge on any atom is 0.245 e. The van der Waals surface area contributed by atoms with Gasteiger partial charge in [0.2, 0.25) is 5.91 Å². The number of hydrogen-bond donors (Lipinski definition) is 1. The molecule has 1 amide bonds. The van der Waals surface area contributed by atoms with E-state index in [-0.39, 0.29) is 23.4 Å². The molecule has 0 saturated heterocycles. The van der Waals surface area contributed by atoms with E-state index in [1.807, 2.05) is 31.9 Å². The van der Waals surface area contributed by atoms with E-state index in [0.29, 0.717) is 0 Å². The van der Waals surface area contributed by atoms with Crippen LogP contribution in [0.2, 0.25) is 0 Å². The molecule has 1 aromatic rings. The zero-order valence-electron chi connectivity index (χ0n) is 14.0. The summed E-state index contributed by atoms with van der Waals surface area (Å²) in [6.45, 7) is 12.1. The lowest BCUT2D eigenvalue weighted by Gasteiger charge is -2.35. The van der Waals surface area contributed by atoms with Crippen LogP contribution in [-0.4, -0.2) is 28.5 Å². The lowest BCUT2D eigenvalue weighted by Crippen LogP contribution is -2.37. The SMILES string of the molecule is CCN(CC)C(=O)C(C)n1ccc2c1CC(C)(C)CC2N. The Morgan fingerprint density at radius 2 is 2.10 bits per heavy atom. The Balaban J connectivity index is 2.32. The van der Waals surface area contributed by atoms with Gasteiger partial charge in [0.15, 0.2) is 0 Å². The highest BCUT2D eigenvalue weighted by Crippen LogP contribution is 2.40. The van der Waals surface area contributed by atoms with Crippen LogP contribution < -0.4 is 5.73 Å². The van der Waals surface area contributed by atoms with Crippen molar-refractivity contribution in [2.24, 2.45) is 11.1 Å². The zero-order chi connectivity index (χ0) is 15.8. The minimum absolute atomic E-state index is 0.0840. The van der Waals surface area contributed by atoms with E-state index in [2.05, 4.69) is 24.5 Å². The van der Waals surface area contributed by atoms with E-state index in [4.69, 9.17) is 5.73 Å². The molecule has 0 radical (unpaired) electrons. The highest BCUT2D eigenvalue weighted by Gasteiger charge is 2.34. The second-order valence-electron chi connectivity index (χ2n) is 6.96. The molecule has 1 heterocycles. The number of aromatic nitrogens is 1. The van der Waals surface area contributed by atoms with Crippen molar-refractivity contribution in [3.63, 3.8) is 0 Å². The third kappa shape index (κ3) is 3.00. The molecular formula is C17H29N3O. The average Bonchev–Trinajstić information content (AvgIpc) is 2.81. The van der Waals surface area contributed by atoms with Crippen LogP contribution in [0.4, 0.5) is 0 Å². The van der Waals surface area contributed by atoms with Crippen LogP contribution in [0.5, 0.6) is 0 Å². The van der Waals surface area contributed by atoms with Crippen LogP contribution >= 0.6 is 0 Å². The molecule has 0 bridgehead atoms. The van der Waals surface area contributed by atoms with E-state index < -0.39 is 0 Å². The number of nitrogens with two attached hydrogens (primary N) is 1. The Hall–Kier alpha value is -1.29. The molecule has 2 unspecified atom stereocenters. The Kier molecular flexibility index (Phi) is 4.47. The molecule has 2 rings (SSSR count). The van der Waals surface area contributed by atoms with Crippen molar-refractivity contribution in [3.8, 4) is 0 Å². The van der Waals surface area contributed by atoms with E-state index >= 15 is 0 Å². The molecule has 1 aliphatic rings. The summed E-state index contributed by atoms with van der Waals surface area (Å²) >= 11 is 0. The number of carbonyl (C=O) groups excluding carboxylic acids is 1. The van der Waals surface area contributed by atoms with Gasteiger partial charge in [0.25, 0.3) is 0 Å². The van der Waals surface area contributed by atoms with Gasteiger partial charge >= 0.3 is 0 Å². The van der Waals surface area contributed by atoms with Gasteiger partial charge in [0.1, 0.15) is 6.04 Å². The van der Waals surface area contributed by atoms with Gasteiger partial charge in [-0.2, -0.15) is 0 Å². The first-order valence-corrected chi connectivity index (χ1v) is 8.04. The van der Waals surface area contributed by atoms with Crippen LogP contribution in [0, 0.1) is 5.41 Å². The monoisotopic (exact) mass is 291 g/mol. The molecule has 0 spiro atoms. The molecule has 4 nitrogen and oxygen atoms in total. The zero-order valence-corrected chi connectivity index (χ0v) is 14.0. The van der Waals surface area contributed by atoms with Gasteiger partial charge in [-0.05, 0) is 50.7 Å². The van der Waals surface area contributed by atoms with Gasteiger partial charge < -0.3 is 15.2 Å². The first-order valence-electron chi connectivity index (χ1n) is 8.04. The standard InChI is InChI=1S/C17H29N3O/c1-6-19(7-2)16(21)12(3)20-9-8-13-14(18)10-17(4,5)11-15(13)20/h8-9,12,14H,6-7,10-11,18H2,1-5H3. The average molecular weight is 291 g/mol. The highest BCUT2D eigenvalue weighted by atomic mass is 16.2. The molecule has 2 N–H and O–H groups in total. The predicted molar refractivity (Wildman–Crippen MR) is 86.1 cm³/mol. The van der Waals surface area contributed by atoms with Crippen molar-refractivity contribution >= 4 is 5.91 Å². The second kappa shape index (κ2) is 5.84. The molecule has 4 heteroatoms. The number of hydrogen-bond acceptors (Lipinski definition) is 2. The van der Waals surface area contributed by atoms with E-state index in [0.717, 1.165) is 25.9 Å². The summed E-state index contributed by atoms with van der Waals surface area (Å²) < 4.78 is 2.14. The van der Waals surface area contributed by atoms with Gasteiger partial charge in [-0.25, -0.2) is 0 Å². The fourth-order valence-corrected chi connectivity index (χ4v) is 3.54. The number of fused-ring (bicyclic) bond motifs is 1. The van der Waals surface area contributed by atoms with Gasteiger partial charge in [-0.15, -0.1) is 0 Å². The molecule has 1 aliphatic carbocycles. The molecule has 0 aliphatic heterocycles. The number of nitrogens with zero attached hydrogens (tertiary/aromatic N) is 2. The maximum absolute atomic E-state index is 12.6. The van der Waals surface area contributed by atoms with Crippen molar-refractivity contribution in [2.45, 2.75) is 59.5 Å². The van der Waals surface area contributed by atoms with Crippen molar-refractivity contribution in [2.75, 3.05) is 13.1 Å². The molecular weight excluding hydrogens is 262 g/mol. The summed E-state index contributed by atoms with van der Waals surface area (Å²) in [5, 5.41) is 0. The van der Waals surface area contributed by atoms with E-state index in [9.17, 15) is 4.79 Å². The van der Waals surface area contributed by atoms with Crippen molar-refractivity contribution in [1.82, 2.24) is 9.47 Å². The summed E-state index contributed by atoms with van der Waals surface area (Å²) in [4.78, 5) is 14.5. The third-order valence-electron chi connectivity index (χ3n) is 4.73. The van der Waals surface area contributed by atoms with Crippen molar-refractivity contribution in [1.29, 1.82) is 0 Å². The Bertz CT molecular complexity index is 514. The first kappa shape index (κ1) is 16.1. The summed E-state index contributed by atoms with van der Waals surface area (Å²) in [6, 6.07) is 2.02. The largest absolute Gasteiger partial charge is 0.341 e. The first-order chi connectivity index (χ1) is 9.80. The molecule has 1 aromatic heterocycles. The lowest BCUT2D eigenvalue weighted by molar-refractivity contribution is -0.133. The maximum atomic E-state index is 12.6. The highest BCUT2D eigenvalue weighted by molar-refractivity contribution is 5.80. The van der Waals surface area contributed by atoms with Gasteiger partial charge in [0.05, 0.1) is 0 Å². The molecule has 2 atom stereocenters. The lowest BCUT2D eigenvalue weighted by atomic mass is 9.74. The van der Waals surface area contributed by atoms with Crippen molar-refractivity contribution in [3.05, 3.63) is 23.5 Å².